The van der Waals surface area contributed by atoms with Crippen molar-refractivity contribution in [3.05, 3.63) is 65.0 Å². The third-order valence-electron chi connectivity index (χ3n) is 4.78. The van der Waals surface area contributed by atoms with Crippen LogP contribution >= 0.6 is 0 Å². The molecule has 1 aromatic heterocycles. The van der Waals surface area contributed by atoms with Crippen LogP contribution in [0.2, 0.25) is 0 Å². The van der Waals surface area contributed by atoms with Crippen LogP contribution in [0, 0.1) is 0 Å². The van der Waals surface area contributed by atoms with Crippen LogP contribution in [-0.2, 0) is 13.0 Å². The molecule has 0 amide bonds. The van der Waals surface area contributed by atoms with Gasteiger partial charge in [-0.1, -0.05) is 30.3 Å². The Kier molecular flexibility index (Phi) is 3.48. The summed E-state index contributed by atoms with van der Waals surface area (Å²) in [5.74, 6) is 0.479. The summed E-state index contributed by atoms with van der Waals surface area (Å²) < 4.78 is 0. The Hall–Kier alpha value is -1.67. The highest BCUT2D eigenvalue weighted by Gasteiger charge is 2.25. The summed E-state index contributed by atoms with van der Waals surface area (Å²) in [6, 6.07) is 14.0. The number of hydrogen-bond acceptors (Lipinski definition) is 2. The highest BCUT2D eigenvalue weighted by Crippen LogP contribution is 2.36. The van der Waals surface area contributed by atoms with Crippen LogP contribution in [0.5, 0.6) is 0 Å². The van der Waals surface area contributed by atoms with E-state index >= 15 is 0 Å². The first kappa shape index (κ1) is 13.0. The van der Waals surface area contributed by atoms with Gasteiger partial charge in [0.15, 0.2) is 0 Å². The molecule has 1 unspecified atom stereocenters. The van der Waals surface area contributed by atoms with Gasteiger partial charge < -0.3 is 5.32 Å². The molecule has 21 heavy (non-hydrogen) atoms. The Morgan fingerprint density at radius 1 is 1.05 bits per heavy atom. The molecule has 0 saturated heterocycles. The molecule has 1 aromatic carbocycles. The molecule has 0 aliphatic heterocycles. The number of nitrogens with one attached hydrogen (secondary N) is 1. The monoisotopic (exact) mass is 278 g/mol. The van der Waals surface area contributed by atoms with E-state index in [1.165, 1.54) is 54.5 Å². The SMILES string of the molecule is c1ccc(C2CCCc3cccnc32)c(CNC2CC2)c1. The molecule has 108 valence electrons. The summed E-state index contributed by atoms with van der Waals surface area (Å²) in [6.07, 6.45) is 8.31. The second-order valence-electron chi connectivity index (χ2n) is 6.35. The summed E-state index contributed by atoms with van der Waals surface area (Å²) in [5, 5.41) is 3.66. The molecule has 0 radical (unpaired) electrons. The fourth-order valence-corrected chi connectivity index (χ4v) is 3.49. The molecule has 1 atom stereocenters. The zero-order valence-electron chi connectivity index (χ0n) is 12.4. The van der Waals surface area contributed by atoms with Crippen LogP contribution in [0.1, 0.15) is 54.0 Å². The molecule has 1 heterocycles. The van der Waals surface area contributed by atoms with Crippen LogP contribution in [-0.4, -0.2) is 11.0 Å². The number of rotatable bonds is 4. The Morgan fingerprint density at radius 2 is 1.95 bits per heavy atom. The zero-order valence-corrected chi connectivity index (χ0v) is 12.4. The Morgan fingerprint density at radius 3 is 2.86 bits per heavy atom. The molecular weight excluding hydrogens is 256 g/mol. The lowest BCUT2D eigenvalue weighted by atomic mass is 9.80. The largest absolute Gasteiger partial charge is 0.310 e. The van der Waals surface area contributed by atoms with E-state index in [1.807, 2.05) is 6.20 Å². The van der Waals surface area contributed by atoms with E-state index < -0.39 is 0 Å². The van der Waals surface area contributed by atoms with E-state index in [0.717, 1.165) is 12.6 Å². The molecular formula is C19H22N2. The summed E-state index contributed by atoms with van der Waals surface area (Å²) in [5.41, 5.74) is 5.68. The standard InChI is InChI=1S/C19H22N2/c1-2-8-17(15(5-1)13-21-16-10-11-16)18-9-3-6-14-7-4-12-20-19(14)18/h1-2,4-5,7-8,12,16,18,21H,3,6,9-11,13H2. The predicted molar refractivity (Wildman–Crippen MR) is 85.3 cm³/mol. The highest BCUT2D eigenvalue weighted by molar-refractivity contribution is 5.40. The minimum Gasteiger partial charge on any atom is -0.310 e. The van der Waals surface area contributed by atoms with Crippen molar-refractivity contribution in [2.75, 3.05) is 0 Å². The first-order valence-electron chi connectivity index (χ1n) is 8.17. The molecule has 1 saturated carbocycles. The topological polar surface area (TPSA) is 24.9 Å². The van der Waals surface area contributed by atoms with Crippen molar-refractivity contribution in [3.63, 3.8) is 0 Å². The van der Waals surface area contributed by atoms with Crippen molar-refractivity contribution in [3.8, 4) is 0 Å². The molecule has 1 N–H and O–H groups in total. The van der Waals surface area contributed by atoms with Gasteiger partial charge in [0.05, 0.1) is 5.69 Å². The van der Waals surface area contributed by atoms with Crippen molar-refractivity contribution in [2.45, 2.75) is 50.6 Å². The van der Waals surface area contributed by atoms with E-state index in [9.17, 15) is 0 Å². The average molecular weight is 278 g/mol. The molecule has 2 nitrogen and oxygen atoms in total. The van der Waals surface area contributed by atoms with Crippen LogP contribution < -0.4 is 5.32 Å². The molecule has 2 aliphatic carbocycles. The Labute approximate surface area is 126 Å². The van der Waals surface area contributed by atoms with Gasteiger partial charge in [-0.3, -0.25) is 4.98 Å². The first-order chi connectivity index (χ1) is 10.4. The van der Waals surface area contributed by atoms with E-state index in [0.29, 0.717) is 5.92 Å². The van der Waals surface area contributed by atoms with Crippen LogP contribution in [0.3, 0.4) is 0 Å². The second kappa shape index (κ2) is 5.61. The maximum absolute atomic E-state index is 4.71. The van der Waals surface area contributed by atoms with Crippen molar-refractivity contribution >= 4 is 0 Å². The van der Waals surface area contributed by atoms with Gasteiger partial charge in [-0.2, -0.15) is 0 Å². The normalized spacial score (nSPS) is 21.0. The third-order valence-corrected chi connectivity index (χ3v) is 4.78. The number of aromatic nitrogens is 1. The van der Waals surface area contributed by atoms with E-state index in [1.54, 1.807) is 0 Å². The Balaban J connectivity index is 1.66. The highest BCUT2D eigenvalue weighted by atomic mass is 14.9. The summed E-state index contributed by atoms with van der Waals surface area (Å²) in [4.78, 5) is 4.71. The number of fused-ring (bicyclic) bond motifs is 1. The molecule has 2 heteroatoms. The van der Waals surface area contributed by atoms with Gasteiger partial charge in [-0.05, 0) is 54.9 Å². The van der Waals surface area contributed by atoms with Crippen molar-refractivity contribution in [1.29, 1.82) is 0 Å². The lowest BCUT2D eigenvalue weighted by Crippen LogP contribution is -2.19. The summed E-state index contributed by atoms with van der Waals surface area (Å²) in [7, 11) is 0. The number of pyridine rings is 1. The van der Waals surface area contributed by atoms with Crippen molar-refractivity contribution < 1.29 is 0 Å². The summed E-state index contributed by atoms with van der Waals surface area (Å²) >= 11 is 0. The molecule has 1 fully saturated rings. The first-order valence-corrected chi connectivity index (χ1v) is 8.17. The number of aryl methyl sites for hydroxylation is 1. The van der Waals surface area contributed by atoms with Gasteiger partial charge >= 0.3 is 0 Å². The van der Waals surface area contributed by atoms with Gasteiger partial charge in [0.2, 0.25) is 0 Å². The molecule has 0 bridgehead atoms. The van der Waals surface area contributed by atoms with Crippen LogP contribution in [0.25, 0.3) is 0 Å². The van der Waals surface area contributed by atoms with E-state index in [2.05, 4.69) is 41.7 Å². The zero-order chi connectivity index (χ0) is 14.1. The van der Waals surface area contributed by atoms with E-state index in [4.69, 9.17) is 4.98 Å². The number of nitrogens with zero attached hydrogens (tertiary/aromatic N) is 1. The fourth-order valence-electron chi connectivity index (χ4n) is 3.49. The predicted octanol–water partition coefficient (Wildman–Crippen LogP) is 3.80. The minimum atomic E-state index is 0.479. The Bertz CT molecular complexity index is 631. The lowest BCUT2D eigenvalue weighted by Gasteiger charge is -2.26. The molecule has 2 aliphatic rings. The maximum Gasteiger partial charge on any atom is 0.0510 e. The smallest absolute Gasteiger partial charge is 0.0510 e. The fraction of sp³-hybridized carbons (Fsp3) is 0.421. The average Bonchev–Trinajstić information content (AvgIpc) is 3.37. The number of hydrogen-bond donors (Lipinski definition) is 1. The van der Waals surface area contributed by atoms with E-state index in [-0.39, 0.29) is 0 Å². The minimum absolute atomic E-state index is 0.479. The van der Waals surface area contributed by atoms with Gasteiger partial charge in [0.25, 0.3) is 0 Å². The molecule has 4 rings (SSSR count). The molecule has 0 spiro atoms. The van der Waals surface area contributed by atoms with Crippen molar-refractivity contribution in [2.24, 2.45) is 0 Å². The van der Waals surface area contributed by atoms with Crippen LogP contribution in [0.4, 0.5) is 0 Å². The van der Waals surface area contributed by atoms with Gasteiger partial charge in [-0.25, -0.2) is 0 Å². The number of benzene rings is 1. The lowest BCUT2D eigenvalue weighted by molar-refractivity contribution is 0.588. The maximum atomic E-state index is 4.71. The van der Waals surface area contributed by atoms with Gasteiger partial charge in [0, 0.05) is 24.7 Å². The van der Waals surface area contributed by atoms with Crippen molar-refractivity contribution in [1.82, 2.24) is 10.3 Å². The second-order valence-corrected chi connectivity index (χ2v) is 6.35. The third kappa shape index (κ3) is 2.73. The quantitative estimate of drug-likeness (QED) is 0.920. The van der Waals surface area contributed by atoms with Gasteiger partial charge in [-0.15, -0.1) is 0 Å². The van der Waals surface area contributed by atoms with Crippen LogP contribution in [0.15, 0.2) is 42.6 Å². The molecule has 2 aromatic rings. The summed E-state index contributed by atoms with van der Waals surface area (Å²) in [6.45, 7) is 1.000. The van der Waals surface area contributed by atoms with Gasteiger partial charge in [0.1, 0.15) is 0 Å².